The molecular weight excluding hydrogens is 323 g/mol. The largest absolute Gasteiger partial charge is 0.378 e. The first-order valence-corrected chi connectivity index (χ1v) is 8.18. The first-order chi connectivity index (χ1) is 10.4. The maximum Gasteiger partial charge on any atom is 0.221 e. The van der Waals surface area contributed by atoms with Crippen LogP contribution in [0.15, 0.2) is 18.2 Å². The van der Waals surface area contributed by atoms with E-state index < -0.39 is 0 Å². The second-order valence-electron chi connectivity index (χ2n) is 6.19. The number of halogens is 2. The van der Waals surface area contributed by atoms with Crippen molar-refractivity contribution in [2.75, 3.05) is 26.3 Å². The number of nitrogens with one attached hydrogen (secondary N) is 2. The van der Waals surface area contributed by atoms with E-state index in [1.54, 1.807) is 0 Å². The number of hydrogen-bond donors (Lipinski definition) is 2. The average Bonchev–Trinajstić information content (AvgIpc) is 2.46. The van der Waals surface area contributed by atoms with Crippen molar-refractivity contribution in [3.8, 4) is 0 Å². The van der Waals surface area contributed by atoms with E-state index in [0.29, 0.717) is 36.2 Å². The van der Waals surface area contributed by atoms with Crippen LogP contribution in [0.4, 0.5) is 0 Å². The molecule has 1 aromatic carbocycles. The minimum atomic E-state index is -0.346. The summed E-state index contributed by atoms with van der Waals surface area (Å²) in [5.74, 6) is -0.000693. The molecule has 0 bridgehead atoms. The van der Waals surface area contributed by atoms with Crippen molar-refractivity contribution in [3.63, 3.8) is 0 Å². The number of ether oxygens (including phenoxy) is 1. The molecule has 0 saturated carbocycles. The van der Waals surface area contributed by atoms with Crippen molar-refractivity contribution in [2.24, 2.45) is 0 Å². The Labute approximate surface area is 141 Å². The molecule has 1 aliphatic rings. The zero-order valence-electron chi connectivity index (χ0n) is 12.9. The summed E-state index contributed by atoms with van der Waals surface area (Å²) in [7, 11) is 0. The van der Waals surface area contributed by atoms with Crippen LogP contribution in [0.1, 0.15) is 25.8 Å². The van der Waals surface area contributed by atoms with Gasteiger partial charge in [-0.3, -0.25) is 4.79 Å². The van der Waals surface area contributed by atoms with Gasteiger partial charge >= 0.3 is 0 Å². The van der Waals surface area contributed by atoms with Crippen LogP contribution >= 0.6 is 23.2 Å². The molecule has 122 valence electrons. The molecule has 0 radical (unpaired) electrons. The number of morpholine rings is 1. The molecule has 1 fully saturated rings. The average molecular weight is 345 g/mol. The molecule has 6 heteroatoms. The summed E-state index contributed by atoms with van der Waals surface area (Å²) in [5.41, 5.74) is 0.513. The van der Waals surface area contributed by atoms with Crippen molar-refractivity contribution < 1.29 is 9.53 Å². The molecule has 4 nitrogen and oxygen atoms in total. The van der Waals surface area contributed by atoms with Crippen LogP contribution < -0.4 is 10.6 Å². The fourth-order valence-corrected chi connectivity index (χ4v) is 3.51. The maximum atomic E-state index is 12.1. The Hall–Kier alpha value is -0.810. The van der Waals surface area contributed by atoms with Crippen molar-refractivity contribution in [1.29, 1.82) is 0 Å². The normalized spacial score (nSPS) is 19.0. The zero-order chi connectivity index (χ0) is 16.2. The third-order valence-electron chi connectivity index (χ3n) is 3.80. The molecule has 0 aromatic heterocycles. The quantitative estimate of drug-likeness (QED) is 0.863. The highest BCUT2D eigenvalue weighted by atomic mass is 35.5. The summed E-state index contributed by atoms with van der Waals surface area (Å²) < 4.78 is 5.35. The Balaban J connectivity index is 1.93. The van der Waals surface area contributed by atoms with Crippen molar-refractivity contribution in [2.45, 2.75) is 31.7 Å². The Morgan fingerprint density at radius 2 is 2.09 bits per heavy atom. The van der Waals surface area contributed by atoms with Gasteiger partial charge in [0.2, 0.25) is 5.91 Å². The number of hydrogen-bond acceptors (Lipinski definition) is 3. The summed E-state index contributed by atoms with van der Waals surface area (Å²) in [6.45, 7) is 6.58. The van der Waals surface area contributed by atoms with Crippen LogP contribution in [0.25, 0.3) is 0 Å². The number of benzene rings is 1. The Morgan fingerprint density at radius 1 is 1.41 bits per heavy atom. The lowest BCUT2D eigenvalue weighted by Crippen LogP contribution is -2.45. The second kappa shape index (κ2) is 7.64. The highest BCUT2D eigenvalue weighted by Gasteiger charge is 2.27. The lowest BCUT2D eigenvalue weighted by atomic mass is 9.84. The Bertz CT molecular complexity index is 509. The third kappa shape index (κ3) is 4.59. The van der Waals surface area contributed by atoms with Gasteiger partial charge in [-0.25, -0.2) is 0 Å². The predicted molar refractivity (Wildman–Crippen MR) is 89.7 cm³/mol. The predicted octanol–water partition coefficient (Wildman–Crippen LogP) is 2.77. The van der Waals surface area contributed by atoms with Crippen LogP contribution in [0.3, 0.4) is 0 Å². The van der Waals surface area contributed by atoms with Gasteiger partial charge in [0.05, 0.1) is 13.2 Å². The topological polar surface area (TPSA) is 50.4 Å². The first kappa shape index (κ1) is 17.5. The number of amides is 1. The number of rotatable bonds is 5. The smallest absolute Gasteiger partial charge is 0.221 e. The van der Waals surface area contributed by atoms with Crippen LogP contribution in [0, 0.1) is 0 Å². The van der Waals surface area contributed by atoms with Crippen molar-refractivity contribution in [1.82, 2.24) is 10.6 Å². The van der Waals surface area contributed by atoms with Gasteiger partial charge in [0, 0.05) is 41.0 Å². The molecular formula is C16H22Cl2N2O2. The van der Waals surface area contributed by atoms with E-state index in [4.69, 9.17) is 27.9 Å². The minimum Gasteiger partial charge on any atom is -0.378 e. The van der Waals surface area contributed by atoms with Gasteiger partial charge in [0.15, 0.2) is 0 Å². The molecule has 1 unspecified atom stereocenters. The van der Waals surface area contributed by atoms with Crippen LogP contribution in [-0.2, 0) is 14.9 Å². The molecule has 1 atom stereocenters. The van der Waals surface area contributed by atoms with Crippen LogP contribution in [0.2, 0.25) is 10.0 Å². The molecule has 1 aromatic rings. The lowest BCUT2D eigenvalue weighted by Gasteiger charge is -2.28. The lowest BCUT2D eigenvalue weighted by molar-refractivity contribution is -0.122. The van der Waals surface area contributed by atoms with Crippen LogP contribution in [-0.4, -0.2) is 38.3 Å². The number of carbonyl (C=O) groups is 1. The molecule has 1 heterocycles. The van der Waals surface area contributed by atoms with E-state index in [1.165, 1.54) is 0 Å². The molecule has 1 aliphatic heterocycles. The van der Waals surface area contributed by atoms with E-state index in [0.717, 1.165) is 12.1 Å². The molecule has 22 heavy (non-hydrogen) atoms. The zero-order valence-corrected chi connectivity index (χ0v) is 14.4. The summed E-state index contributed by atoms with van der Waals surface area (Å²) >= 11 is 12.5. The van der Waals surface area contributed by atoms with E-state index in [2.05, 4.69) is 10.6 Å². The van der Waals surface area contributed by atoms with Crippen molar-refractivity contribution in [3.05, 3.63) is 33.8 Å². The summed E-state index contributed by atoms with van der Waals surface area (Å²) in [4.78, 5) is 12.1. The molecule has 2 rings (SSSR count). The monoisotopic (exact) mass is 344 g/mol. The Kier molecular flexibility index (Phi) is 6.09. The van der Waals surface area contributed by atoms with E-state index >= 15 is 0 Å². The third-order valence-corrected chi connectivity index (χ3v) is 4.43. The van der Waals surface area contributed by atoms with E-state index in [9.17, 15) is 4.79 Å². The molecule has 0 aliphatic carbocycles. The maximum absolute atomic E-state index is 12.1. The van der Waals surface area contributed by atoms with E-state index in [1.807, 2.05) is 32.0 Å². The van der Waals surface area contributed by atoms with Gasteiger partial charge in [0.25, 0.3) is 0 Å². The number of carbonyl (C=O) groups excluding carboxylic acids is 1. The molecule has 1 amide bonds. The summed E-state index contributed by atoms with van der Waals surface area (Å²) in [6, 6.07) is 5.53. The van der Waals surface area contributed by atoms with Crippen molar-refractivity contribution >= 4 is 29.1 Å². The minimum absolute atomic E-state index is 0.000693. The highest BCUT2D eigenvalue weighted by molar-refractivity contribution is 6.36. The fraction of sp³-hybridized carbons (Fsp3) is 0.562. The fourth-order valence-electron chi connectivity index (χ4n) is 2.60. The summed E-state index contributed by atoms with van der Waals surface area (Å²) in [5, 5.41) is 7.48. The standard InChI is InChI=1S/C16H22Cl2N2O2/c1-16(2,15-12(17)4-3-5-13(15)18)10-20-14(21)8-11-9-22-7-6-19-11/h3-5,11,19H,6-10H2,1-2H3,(H,20,21). The van der Waals surface area contributed by atoms with E-state index in [-0.39, 0.29) is 17.4 Å². The van der Waals surface area contributed by atoms with Gasteiger partial charge < -0.3 is 15.4 Å². The molecule has 1 saturated heterocycles. The second-order valence-corrected chi connectivity index (χ2v) is 7.00. The molecule has 0 spiro atoms. The van der Waals surface area contributed by atoms with Gasteiger partial charge in [0.1, 0.15) is 0 Å². The van der Waals surface area contributed by atoms with Gasteiger partial charge in [-0.05, 0) is 17.7 Å². The van der Waals surface area contributed by atoms with Gasteiger partial charge in [-0.15, -0.1) is 0 Å². The van der Waals surface area contributed by atoms with Gasteiger partial charge in [-0.1, -0.05) is 43.1 Å². The summed E-state index contributed by atoms with van der Waals surface area (Å²) in [6.07, 6.45) is 0.409. The highest BCUT2D eigenvalue weighted by Crippen LogP contribution is 2.35. The van der Waals surface area contributed by atoms with Crippen LogP contribution in [0.5, 0.6) is 0 Å². The molecule has 2 N–H and O–H groups in total. The SMILES string of the molecule is CC(C)(CNC(=O)CC1COCCN1)c1c(Cl)cccc1Cl. The first-order valence-electron chi connectivity index (χ1n) is 7.42. The Morgan fingerprint density at radius 3 is 2.68 bits per heavy atom. The van der Waals surface area contributed by atoms with Gasteiger partial charge in [-0.2, -0.15) is 0 Å².